The number of hydrogen-bond acceptors (Lipinski definition) is 6. The number of nitrogens with one attached hydrogen (secondary N) is 1. The summed E-state index contributed by atoms with van der Waals surface area (Å²) < 4.78 is 17.5. The summed E-state index contributed by atoms with van der Waals surface area (Å²) in [5.41, 5.74) is 1.01. The van der Waals surface area contributed by atoms with Gasteiger partial charge in [-0.05, 0) is 62.2 Å². The molecular weight excluding hydrogens is 396 g/mol. The highest BCUT2D eigenvalue weighted by molar-refractivity contribution is 7.98. The molecule has 30 heavy (non-hydrogen) atoms. The van der Waals surface area contributed by atoms with E-state index in [2.05, 4.69) is 10.3 Å². The fraction of sp³-hybridized carbons (Fsp3) is 0.375. The van der Waals surface area contributed by atoms with Crippen LogP contribution in [0.3, 0.4) is 0 Å². The number of aromatic nitrogens is 1. The molecule has 2 heterocycles. The monoisotopic (exact) mass is 424 g/mol. The van der Waals surface area contributed by atoms with E-state index in [0.29, 0.717) is 12.6 Å². The van der Waals surface area contributed by atoms with Crippen molar-refractivity contribution >= 4 is 11.8 Å². The van der Waals surface area contributed by atoms with Gasteiger partial charge >= 0.3 is 0 Å². The average Bonchev–Trinajstić information content (AvgIpc) is 3.47. The van der Waals surface area contributed by atoms with E-state index in [9.17, 15) is 0 Å². The Bertz CT molecular complexity index is 877. The number of rotatable bonds is 11. The molecule has 0 amide bonds. The Morgan fingerprint density at radius 2 is 1.80 bits per heavy atom. The van der Waals surface area contributed by atoms with E-state index in [0.717, 1.165) is 59.8 Å². The summed E-state index contributed by atoms with van der Waals surface area (Å²) in [6, 6.07) is 18.5. The van der Waals surface area contributed by atoms with Crippen molar-refractivity contribution in [1.29, 1.82) is 0 Å². The first-order chi connectivity index (χ1) is 14.9. The average molecular weight is 425 g/mol. The predicted molar refractivity (Wildman–Crippen MR) is 121 cm³/mol. The topological polar surface area (TPSA) is 56.5 Å². The third-order valence-corrected chi connectivity index (χ3v) is 5.96. The molecule has 1 atom stereocenters. The lowest BCUT2D eigenvalue weighted by molar-refractivity contribution is 0.292. The molecule has 1 N–H and O–H groups in total. The van der Waals surface area contributed by atoms with Crippen LogP contribution in [-0.2, 0) is 5.75 Å². The van der Waals surface area contributed by atoms with Crippen molar-refractivity contribution in [2.45, 2.75) is 31.1 Å². The molecule has 1 saturated heterocycles. The number of hydrogen-bond donors (Lipinski definition) is 1. The Balaban J connectivity index is 1.17. The molecule has 6 heteroatoms. The predicted octanol–water partition coefficient (Wildman–Crippen LogP) is 5.17. The zero-order valence-corrected chi connectivity index (χ0v) is 17.9. The molecule has 4 rings (SSSR count). The van der Waals surface area contributed by atoms with E-state index in [4.69, 9.17) is 13.9 Å². The van der Waals surface area contributed by atoms with Gasteiger partial charge in [-0.1, -0.05) is 18.2 Å². The van der Waals surface area contributed by atoms with Crippen LogP contribution in [0.1, 0.15) is 25.2 Å². The van der Waals surface area contributed by atoms with Gasteiger partial charge in [-0.15, -0.1) is 11.8 Å². The second kappa shape index (κ2) is 11.1. The minimum atomic E-state index is 0.611. The van der Waals surface area contributed by atoms with Gasteiger partial charge in [0.05, 0.1) is 25.2 Å². The first-order valence-corrected chi connectivity index (χ1v) is 11.7. The van der Waals surface area contributed by atoms with Gasteiger partial charge in [0.25, 0.3) is 0 Å². The molecule has 0 aliphatic carbocycles. The third-order valence-electron chi connectivity index (χ3n) is 5.05. The molecule has 158 valence electrons. The van der Waals surface area contributed by atoms with Crippen LogP contribution in [0.4, 0.5) is 0 Å². The highest BCUT2D eigenvalue weighted by atomic mass is 32.2. The summed E-state index contributed by atoms with van der Waals surface area (Å²) in [6.07, 6.45) is 5.38. The smallest absolute Gasteiger partial charge is 0.204 e. The van der Waals surface area contributed by atoms with Crippen molar-refractivity contribution in [2.75, 3.05) is 25.5 Å². The molecule has 1 aliphatic heterocycles. The SMILES string of the molecule is c1ccc(OCCSCc2ncc(-c3ccc(OCCC4CCCN4)cc3)o2)cc1. The van der Waals surface area contributed by atoms with E-state index in [-0.39, 0.29) is 0 Å². The summed E-state index contributed by atoms with van der Waals surface area (Å²) in [7, 11) is 0. The Labute approximate surface area is 182 Å². The van der Waals surface area contributed by atoms with Gasteiger partial charge in [0.1, 0.15) is 11.5 Å². The van der Waals surface area contributed by atoms with Crippen molar-refractivity contribution in [3.05, 3.63) is 66.7 Å². The minimum absolute atomic E-state index is 0.611. The zero-order valence-electron chi connectivity index (χ0n) is 17.1. The van der Waals surface area contributed by atoms with Gasteiger partial charge < -0.3 is 19.2 Å². The van der Waals surface area contributed by atoms with Crippen LogP contribution >= 0.6 is 11.8 Å². The summed E-state index contributed by atoms with van der Waals surface area (Å²) in [5.74, 6) is 4.93. The van der Waals surface area contributed by atoms with E-state index >= 15 is 0 Å². The van der Waals surface area contributed by atoms with Crippen LogP contribution in [0.2, 0.25) is 0 Å². The molecule has 0 saturated carbocycles. The number of ether oxygens (including phenoxy) is 2. The molecule has 0 radical (unpaired) electrons. The van der Waals surface area contributed by atoms with Gasteiger partial charge in [-0.25, -0.2) is 4.98 Å². The van der Waals surface area contributed by atoms with Crippen LogP contribution in [0.5, 0.6) is 11.5 Å². The first kappa shape index (κ1) is 20.8. The molecule has 1 unspecified atom stereocenters. The summed E-state index contributed by atoms with van der Waals surface area (Å²) in [6.45, 7) is 2.55. The molecule has 1 fully saturated rings. The standard InChI is InChI=1S/C24H28N2O3S/c1-2-6-21(7-3-1)28-15-16-30-18-24-26-17-23(29-24)19-8-10-22(11-9-19)27-14-12-20-5-4-13-25-20/h1-3,6-11,17,20,25H,4-5,12-16,18H2. The third kappa shape index (κ3) is 6.28. The molecule has 5 nitrogen and oxygen atoms in total. The molecule has 2 aromatic carbocycles. The van der Waals surface area contributed by atoms with Gasteiger partial charge in [-0.2, -0.15) is 0 Å². The Morgan fingerprint density at radius 1 is 1.00 bits per heavy atom. The second-order valence-electron chi connectivity index (χ2n) is 7.29. The van der Waals surface area contributed by atoms with Crippen LogP contribution in [0, 0.1) is 0 Å². The molecular formula is C24H28N2O3S. The lowest BCUT2D eigenvalue weighted by Gasteiger charge is -2.11. The maximum absolute atomic E-state index is 5.90. The fourth-order valence-electron chi connectivity index (χ4n) is 3.44. The second-order valence-corrected chi connectivity index (χ2v) is 8.39. The van der Waals surface area contributed by atoms with Crippen LogP contribution in [0.25, 0.3) is 11.3 Å². The number of para-hydroxylation sites is 1. The molecule has 1 aliphatic rings. The van der Waals surface area contributed by atoms with Gasteiger partial charge in [-0.3, -0.25) is 0 Å². The number of thioether (sulfide) groups is 1. The molecule has 0 bridgehead atoms. The highest BCUT2D eigenvalue weighted by Gasteiger charge is 2.13. The van der Waals surface area contributed by atoms with Crippen LogP contribution in [0.15, 0.2) is 65.2 Å². The molecule has 3 aromatic rings. The minimum Gasteiger partial charge on any atom is -0.494 e. The van der Waals surface area contributed by atoms with Crippen molar-refractivity contribution in [2.24, 2.45) is 0 Å². The maximum Gasteiger partial charge on any atom is 0.204 e. The largest absolute Gasteiger partial charge is 0.494 e. The van der Waals surface area contributed by atoms with Crippen molar-refractivity contribution in [3.8, 4) is 22.8 Å². The molecule has 0 spiro atoms. The Hall–Kier alpha value is -2.44. The first-order valence-electron chi connectivity index (χ1n) is 10.5. The van der Waals surface area contributed by atoms with Crippen molar-refractivity contribution in [3.63, 3.8) is 0 Å². The quantitative estimate of drug-likeness (QED) is 0.428. The summed E-state index contributed by atoms with van der Waals surface area (Å²) in [5, 5.41) is 3.50. The normalized spacial score (nSPS) is 15.9. The van der Waals surface area contributed by atoms with Crippen molar-refractivity contribution in [1.82, 2.24) is 10.3 Å². The number of nitrogens with zero attached hydrogens (tertiary/aromatic N) is 1. The van der Waals surface area contributed by atoms with Gasteiger partial charge in [0, 0.05) is 17.4 Å². The molecule has 1 aromatic heterocycles. The van der Waals surface area contributed by atoms with Crippen molar-refractivity contribution < 1.29 is 13.9 Å². The Kier molecular flexibility index (Phi) is 7.69. The fourth-order valence-corrected chi connectivity index (χ4v) is 4.10. The lowest BCUT2D eigenvalue weighted by atomic mass is 10.1. The Morgan fingerprint density at radius 3 is 2.60 bits per heavy atom. The van der Waals surface area contributed by atoms with Gasteiger partial charge in [0.15, 0.2) is 5.76 Å². The van der Waals surface area contributed by atoms with Gasteiger partial charge in [0.2, 0.25) is 5.89 Å². The lowest BCUT2D eigenvalue weighted by Crippen LogP contribution is -2.23. The van der Waals surface area contributed by atoms with Crippen LogP contribution in [-0.4, -0.2) is 36.5 Å². The number of benzene rings is 2. The van der Waals surface area contributed by atoms with E-state index < -0.39 is 0 Å². The zero-order chi connectivity index (χ0) is 20.4. The van der Waals surface area contributed by atoms with E-state index in [1.165, 1.54) is 12.8 Å². The van der Waals surface area contributed by atoms with Crippen LogP contribution < -0.4 is 14.8 Å². The van der Waals surface area contributed by atoms with E-state index in [1.54, 1.807) is 18.0 Å². The summed E-state index contributed by atoms with van der Waals surface area (Å²) in [4.78, 5) is 4.40. The maximum atomic E-state index is 5.90. The summed E-state index contributed by atoms with van der Waals surface area (Å²) >= 11 is 1.75. The highest BCUT2D eigenvalue weighted by Crippen LogP contribution is 2.25. The van der Waals surface area contributed by atoms with E-state index in [1.807, 2.05) is 54.6 Å². The number of oxazole rings is 1.